The molecule has 5 aromatic rings. The van der Waals surface area contributed by atoms with E-state index in [1.54, 1.807) is 30.3 Å². The van der Waals surface area contributed by atoms with Crippen molar-refractivity contribution in [2.45, 2.75) is 0 Å². The number of carbonyl (C=O) groups excluding carboxylic acids is 1. The third-order valence-corrected chi connectivity index (χ3v) is 12.7. The van der Waals surface area contributed by atoms with Gasteiger partial charge in [-0.2, -0.15) is 0 Å². The lowest BCUT2D eigenvalue weighted by atomic mass is 9.12. The fourth-order valence-electron chi connectivity index (χ4n) is 6.67. The highest BCUT2D eigenvalue weighted by Crippen LogP contribution is 2.59. The standard InChI is InChI=1S/C24BF20.C11H13N9OP/c26-5-1(6(27)14(35)21(42)13(5)34)25(2-7(28)15(36)22(43)16(37)8(2)29,3-9(30)17(38)23(44)18(39)10(3)31)4-11(32)19(40)24(45)20(41)12(4)33;12-18-15-7-22(8-16-19-13,9-17-20-14)6-11(21)10-4-2-1-3-5-10/h;1-5H,6-9H2/q-1;+1. The molecule has 32 heteroatoms. The van der Waals surface area contributed by atoms with E-state index in [2.05, 4.69) is 30.1 Å². The second-order valence-corrected chi connectivity index (χ2v) is 17.1. The van der Waals surface area contributed by atoms with Crippen molar-refractivity contribution in [1.82, 2.24) is 0 Å². The Labute approximate surface area is 357 Å². The Morgan fingerprint density at radius 3 is 0.806 bits per heavy atom. The topological polar surface area (TPSA) is 163 Å². The predicted molar refractivity (Wildman–Crippen MR) is 194 cm³/mol. The molecule has 0 saturated carbocycles. The molecule has 0 aliphatic carbocycles. The van der Waals surface area contributed by atoms with Gasteiger partial charge in [0.15, 0.2) is 75.6 Å². The van der Waals surface area contributed by atoms with Crippen LogP contribution >= 0.6 is 7.26 Å². The van der Waals surface area contributed by atoms with Gasteiger partial charge >= 0.3 is 0 Å². The average molecular weight is 997 g/mol. The zero-order valence-corrected chi connectivity index (χ0v) is 32.6. The van der Waals surface area contributed by atoms with E-state index in [1.807, 2.05) is 0 Å². The quantitative estimate of drug-likeness (QED) is 0.0130. The molecule has 0 unspecified atom stereocenters. The molecule has 5 aromatic carbocycles. The number of carbonyl (C=O) groups is 1. The Hall–Kier alpha value is -7.21. The molecule has 0 saturated heterocycles. The number of hydrogen-bond acceptors (Lipinski definition) is 4. The van der Waals surface area contributed by atoms with Crippen molar-refractivity contribution in [2.24, 2.45) is 15.3 Å². The summed E-state index contributed by atoms with van der Waals surface area (Å²) in [6.45, 7) is 0. The summed E-state index contributed by atoms with van der Waals surface area (Å²) in [5, 5.41) is 10.5. The Balaban J connectivity index is 0.000000374. The van der Waals surface area contributed by atoms with Crippen LogP contribution in [0.1, 0.15) is 10.4 Å². The number of azide groups is 3. The fraction of sp³-hybridized carbons (Fsp3) is 0.114. The smallest absolute Gasteiger partial charge is 0.200 e. The minimum atomic E-state index is -7.22. The van der Waals surface area contributed by atoms with Crippen LogP contribution in [0.2, 0.25) is 0 Å². The van der Waals surface area contributed by atoms with Crippen LogP contribution in [0.5, 0.6) is 0 Å². The van der Waals surface area contributed by atoms with Crippen molar-refractivity contribution >= 4 is 41.0 Å². The molecule has 0 bridgehead atoms. The highest BCUT2D eigenvalue weighted by atomic mass is 31.2. The Morgan fingerprint density at radius 1 is 0.388 bits per heavy atom. The molecule has 0 spiro atoms. The minimum Gasteiger partial charge on any atom is -0.290 e. The van der Waals surface area contributed by atoms with Crippen LogP contribution in [-0.2, 0) is 0 Å². The molecule has 5 rings (SSSR count). The maximum atomic E-state index is 15.4. The van der Waals surface area contributed by atoms with E-state index < -0.39 is 152 Å². The molecule has 0 radical (unpaired) electrons. The molecule has 0 fully saturated rings. The fourth-order valence-corrected chi connectivity index (χ4v) is 9.00. The Bertz CT molecular complexity index is 2550. The lowest BCUT2D eigenvalue weighted by Crippen LogP contribution is -2.81. The van der Waals surface area contributed by atoms with E-state index in [4.69, 9.17) is 16.6 Å². The molecular formula is C35H13BF20N9OP. The summed E-state index contributed by atoms with van der Waals surface area (Å²) >= 11 is 0. The summed E-state index contributed by atoms with van der Waals surface area (Å²) < 4.78 is 294. The maximum absolute atomic E-state index is 15.4. The summed E-state index contributed by atoms with van der Waals surface area (Å²) in [6.07, 6.45) is -7.17. The molecule has 67 heavy (non-hydrogen) atoms. The summed E-state index contributed by atoms with van der Waals surface area (Å²) in [6, 6.07) is 8.61. The Kier molecular flexibility index (Phi) is 16.1. The zero-order valence-electron chi connectivity index (χ0n) is 31.7. The first-order chi connectivity index (χ1) is 31.4. The van der Waals surface area contributed by atoms with Crippen LogP contribution in [0.3, 0.4) is 0 Å². The molecule has 0 N–H and O–H groups in total. The van der Waals surface area contributed by atoms with Crippen molar-refractivity contribution in [3.63, 3.8) is 0 Å². The van der Waals surface area contributed by atoms with Crippen LogP contribution in [0.4, 0.5) is 87.8 Å². The van der Waals surface area contributed by atoms with Crippen LogP contribution in [0.15, 0.2) is 45.7 Å². The van der Waals surface area contributed by atoms with Crippen molar-refractivity contribution in [3.8, 4) is 0 Å². The summed E-state index contributed by atoms with van der Waals surface area (Å²) in [5.41, 5.74) is 11.7. The first kappa shape index (κ1) is 52.4. The van der Waals surface area contributed by atoms with Crippen molar-refractivity contribution < 1.29 is 92.6 Å². The first-order valence-electron chi connectivity index (χ1n) is 17.1. The molecule has 0 aromatic heterocycles. The van der Waals surface area contributed by atoms with Crippen LogP contribution < -0.4 is 21.9 Å². The number of nitrogens with zero attached hydrogens (tertiary/aromatic N) is 9. The van der Waals surface area contributed by atoms with Gasteiger partial charge in [0.05, 0.1) is 0 Å². The molecule has 0 aliphatic rings. The SMILES string of the molecule is Fc1c(F)c(F)c([B-](c2c(F)c(F)c(F)c(F)c2F)(c2c(F)c(F)c(F)c(F)c2F)c2c(F)c(F)c(F)c(F)c2F)c(F)c1F.[N-]=[N+]=NC[P+](CN=[N+]=[N-])(CN=[N+]=[N-])CC(=O)c1ccccc1. The third-order valence-electron chi connectivity index (χ3n) is 9.56. The van der Waals surface area contributed by atoms with E-state index in [-0.39, 0.29) is 30.8 Å². The van der Waals surface area contributed by atoms with E-state index >= 15 is 35.1 Å². The number of ketones is 1. The number of benzene rings is 5. The van der Waals surface area contributed by atoms with E-state index in [1.165, 1.54) is 0 Å². The normalized spacial score (nSPS) is 12.0. The van der Waals surface area contributed by atoms with Crippen molar-refractivity contribution in [1.29, 1.82) is 0 Å². The van der Waals surface area contributed by atoms with E-state index in [0.717, 1.165) is 0 Å². The van der Waals surface area contributed by atoms with Gasteiger partial charge in [-0.25, -0.2) is 87.8 Å². The maximum Gasteiger partial charge on any atom is 0.200 e. The third kappa shape index (κ3) is 9.05. The molecule has 352 valence electrons. The summed E-state index contributed by atoms with van der Waals surface area (Å²) in [4.78, 5) is 20.4. The van der Waals surface area contributed by atoms with Crippen LogP contribution in [0.25, 0.3) is 31.3 Å². The van der Waals surface area contributed by atoms with Gasteiger partial charge in [-0.1, -0.05) is 45.7 Å². The van der Waals surface area contributed by atoms with Gasteiger partial charge in [-0.05, 0) is 16.6 Å². The summed E-state index contributed by atoms with van der Waals surface area (Å²) in [7, 11) is -2.38. The second kappa shape index (κ2) is 20.5. The van der Waals surface area contributed by atoms with Gasteiger partial charge in [-0.15, -0.1) is 21.9 Å². The zero-order chi connectivity index (χ0) is 50.6. The van der Waals surface area contributed by atoms with Crippen molar-refractivity contribution in [3.05, 3.63) is 184 Å². The number of halogens is 20. The predicted octanol–water partition coefficient (Wildman–Crippen LogP) is 10.5. The average Bonchev–Trinajstić information content (AvgIpc) is 3.32. The Morgan fingerprint density at radius 2 is 0.597 bits per heavy atom. The number of hydrogen-bond donors (Lipinski definition) is 0. The van der Waals surface area contributed by atoms with Gasteiger partial charge in [0.25, 0.3) is 0 Å². The largest absolute Gasteiger partial charge is 0.290 e. The molecule has 0 heterocycles. The van der Waals surface area contributed by atoms with Gasteiger partial charge in [0.1, 0.15) is 77.7 Å². The lowest BCUT2D eigenvalue weighted by Gasteiger charge is -2.44. The van der Waals surface area contributed by atoms with Crippen LogP contribution in [0, 0.1) is 116 Å². The number of Topliss-reactive ketones (excluding diaryl/α,β-unsaturated/α-hetero) is 1. The monoisotopic (exact) mass is 997 g/mol. The summed E-state index contributed by atoms with van der Waals surface area (Å²) in [5.74, 6) is -71.6. The van der Waals surface area contributed by atoms with Gasteiger partial charge in [-0.3, -0.25) is 4.79 Å². The van der Waals surface area contributed by atoms with Crippen molar-refractivity contribution in [2.75, 3.05) is 25.0 Å². The van der Waals surface area contributed by atoms with E-state index in [9.17, 15) is 57.5 Å². The second-order valence-electron chi connectivity index (χ2n) is 13.2. The van der Waals surface area contributed by atoms with E-state index in [0.29, 0.717) is 5.56 Å². The minimum absolute atomic E-state index is 0.000113. The highest BCUT2D eigenvalue weighted by molar-refractivity contribution is 7.76. The lowest BCUT2D eigenvalue weighted by molar-refractivity contribution is 0.102. The highest BCUT2D eigenvalue weighted by Gasteiger charge is 2.52. The van der Waals surface area contributed by atoms with Crippen LogP contribution in [-0.4, -0.2) is 36.9 Å². The molecule has 10 nitrogen and oxygen atoms in total. The van der Waals surface area contributed by atoms with Gasteiger partial charge < -0.3 is 0 Å². The molecular weight excluding hydrogens is 984 g/mol. The number of rotatable bonds is 13. The molecule has 0 atom stereocenters. The van der Waals surface area contributed by atoms with Gasteiger partial charge in [0, 0.05) is 27.6 Å². The molecule has 0 amide bonds. The van der Waals surface area contributed by atoms with Gasteiger partial charge in [0.2, 0.25) is 0 Å². The molecule has 0 aliphatic heterocycles. The first-order valence-corrected chi connectivity index (χ1v) is 19.6.